The van der Waals surface area contributed by atoms with Crippen molar-refractivity contribution in [3.63, 3.8) is 0 Å². The van der Waals surface area contributed by atoms with Crippen molar-refractivity contribution in [3.05, 3.63) is 69.4 Å². The van der Waals surface area contributed by atoms with E-state index in [1.54, 1.807) is 23.5 Å². The van der Waals surface area contributed by atoms with Crippen LogP contribution >= 0.6 is 23.5 Å². The summed E-state index contributed by atoms with van der Waals surface area (Å²) in [6.07, 6.45) is 1.09. The quantitative estimate of drug-likeness (QED) is 0.172. The summed E-state index contributed by atoms with van der Waals surface area (Å²) in [6.45, 7) is 0. The fourth-order valence-corrected chi connectivity index (χ4v) is 3.65. The fourth-order valence-electron chi connectivity index (χ4n) is 1.76. The fraction of sp³-hybridized carbons (Fsp3) is 0.200. The van der Waals surface area contributed by atoms with Gasteiger partial charge in [0, 0.05) is 31.0 Å². The van der Waals surface area contributed by atoms with E-state index >= 15 is 0 Å². The standard InChI is InChI=1S/C15H14N6S2/c16-20-18-12-2-6-14(7-3-12)22-10-1-11-23-15-8-4-13(5-9-15)19-21-17/h2-9H,1,10-11H2. The highest BCUT2D eigenvalue weighted by atomic mass is 32.2. The lowest BCUT2D eigenvalue weighted by Gasteiger charge is -2.03. The lowest BCUT2D eigenvalue weighted by Crippen LogP contribution is -1.84. The monoisotopic (exact) mass is 342 g/mol. The predicted molar refractivity (Wildman–Crippen MR) is 96.6 cm³/mol. The van der Waals surface area contributed by atoms with Gasteiger partial charge in [-0.2, -0.15) is 0 Å². The second-order valence-corrected chi connectivity index (χ2v) is 6.75. The van der Waals surface area contributed by atoms with Crippen molar-refractivity contribution in [1.82, 2.24) is 0 Å². The molecule has 0 atom stereocenters. The van der Waals surface area contributed by atoms with Crippen LogP contribution in [0.4, 0.5) is 11.4 Å². The largest absolute Gasteiger partial charge is 0.126 e. The summed E-state index contributed by atoms with van der Waals surface area (Å²) in [7, 11) is 0. The molecule has 0 aromatic heterocycles. The number of hydrogen-bond donors (Lipinski definition) is 0. The topological polar surface area (TPSA) is 97.5 Å². The van der Waals surface area contributed by atoms with Crippen molar-refractivity contribution in [3.8, 4) is 0 Å². The van der Waals surface area contributed by atoms with Gasteiger partial charge in [-0.1, -0.05) is 34.5 Å². The van der Waals surface area contributed by atoms with Crippen LogP contribution in [-0.2, 0) is 0 Å². The average molecular weight is 342 g/mol. The van der Waals surface area contributed by atoms with E-state index in [0.29, 0.717) is 11.4 Å². The molecule has 8 heteroatoms. The summed E-state index contributed by atoms with van der Waals surface area (Å²) in [5.41, 5.74) is 18.0. The van der Waals surface area contributed by atoms with E-state index in [-0.39, 0.29) is 0 Å². The van der Waals surface area contributed by atoms with E-state index < -0.39 is 0 Å². The normalized spacial score (nSPS) is 9.74. The molecule has 2 aromatic carbocycles. The first kappa shape index (κ1) is 17.1. The van der Waals surface area contributed by atoms with Crippen molar-refractivity contribution < 1.29 is 0 Å². The van der Waals surface area contributed by atoms with Crippen LogP contribution in [-0.4, -0.2) is 11.5 Å². The molecule has 0 N–H and O–H groups in total. The molecule has 0 fully saturated rings. The second-order valence-electron chi connectivity index (χ2n) is 4.42. The smallest absolute Gasteiger partial charge is 0.0376 e. The molecule has 0 heterocycles. The molecule has 0 amide bonds. The summed E-state index contributed by atoms with van der Waals surface area (Å²) >= 11 is 3.58. The SMILES string of the molecule is [N-]=[N+]=Nc1ccc(SCCCSc2ccc(N=[N+]=[N-])cc2)cc1. The van der Waals surface area contributed by atoms with E-state index in [9.17, 15) is 0 Å². The molecule has 0 spiro atoms. The van der Waals surface area contributed by atoms with Gasteiger partial charge in [0.1, 0.15) is 0 Å². The number of rotatable bonds is 8. The first-order valence-corrected chi connectivity index (χ1v) is 8.85. The van der Waals surface area contributed by atoms with E-state index in [4.69, 9.17) is 11.1 Å². The van der Waals surface area contributed by atoms with Gasteiger partial charge in [-0.15, -0.1) is 23.5 Å². The molecule has 2 rings (SSSR count). The molecule has 0 aliphatic rings. The number of hydrogen-bond acceptors (Lipinski definition) is 4. The van der Waals surface area contributed by atoms with Gasteiger partial charge < -0.3 is 0 Å². The number of nitrogens with zero attached hydrogens (tertiary/aromatic N) is 6. The van der Waals surface area contributed by atoms with Gasteiger partial charge in [0.2, 0.25) is 0 Å². The van der Waals surface area contributed by atoms with Crippen LogP contribution in [0.15, 0.2) is 68.6 Å². The van der Waals surface area contributed by atoms with Crippen molar-refractivity contribution in [2.45, 2.75) is 16.2 Å². The molecule has 0 bridgehead atoms. The zero-order valence-electron chi connectivity index (χ0n) is 12.2. The zero-order chi connectivity index (χ0) is 16.3. The third-order valence-corrected chi connectivity index (χ3v) is 5.02. The molecule has 0 saturated heterocycles. The Kier molecular flexibility index (Phi) is 7.23. The number of thioether (sulfide) groups is 2. The van der Waals surface area contributed by atoms with Gasteiger partial charge in [-0.25, -0.2) is 0 Å². The van der Waals surface area contributed by atoms with Gasteiger partial charge in [-0.05, 0) is 53.3 Å². The molecular weight excluding hydrogens is 328 g/mol. The highest BCUT2D eigenvalue weighted by Gasteiger charge is 1.97. The molecule has 116 valence electrons. The van der Waals surface area contributed by atoms with Crippen LogP contribution in [0.5, 0.6) is 0 Å². The molecule has 0 radical (unpaired) electrons. The van der Waals surface area contributed by atoms with Gasteiger partial charge in [0.05, 0.1) is 0 Å². The maximum atomic E-state index is 8.36. The minimum atomic E-state index is 0.636. The van der Waals surface area contributed by atoms with E-state index in [1.807, 2.05) is 48.5 Å². The van der Waals surface area contributed by atoms with Gasteiger partial charge in [0.25, 0.3) is 0 Å². The van der Waals surface area contributed by atoms with Crippen LogP contribution in [0.3, 0.4) is 0 Å². The minimum absolute atomic E-state index is 0.636. The summed E-state index contributed by atoms with van der Waals surface area (Å²) in [6, 6.07) is 15.2. The maximum absolute atomic E-state index is 8.36. The Labute approximate surface area is 142 Å². The first-order valence-electron chi connectivity index (χ1n) is 6.88. The minimum Gasteiger partial charge on any atom is -0.126 e. The molecule has 0 aliphatic heterocycles. The molecule has 0 aliphatic carbocycles. The Bertz CT molecular complexity index is 653. The highest BCUT2D eigenvalue weighted by Crippen LogP contribution is 2.25. The van der Waals surface area contributed by atoms with Gasteiger partial charge in [-0.3, -0.25) is 0 Å². The van der Waals surface area contributed by atoms with Crippen LogP contribution in [0.1, 0.15) is 6.42 Å². The summed E-state index contributed by atoms with van der Waals surface area (Å²) in [5, 5.41) is 7.10. The molecule has 23 heavy (non-hydrogen) atoms. The molecule has 2 aromatic rings. The Balaban J connectivity index is 1.69. The Morgan fingerprint density at radius 2 is 1.09 bits per heavy atom. The number of benzene rings is 2. The van der Waals surface area contributed by atoms with Crippen molar-refractivity contribution >= 4 is 34.9 Å². The Morgan fingerprint density at radius 3 is 1.43 bits per heavy atom. The molecule has 6 nitrogen and oxygen atoms in total. The number of azide groups is 2. The molecule has 0 saturated carbocycles. The lowest BCUT2D eigenvalue weighted by atomic mass is 10.3. The summed E-state index contributed by atoms with van der Waals surface area (Å²) in [4.78, 5) is 7.86. The zero-order valence-corrected chi connectivity index (χ0v) is 13.9. The van der Waals surface area contributed by atoms with Crippen molar-refractivity contribution in [2.24, 2.45) is 10.2 Å². The second kappa shape index (κ2) is 9.71. The maximum Gasteiger partial charge on any atom is 0.0376 e. The molecule has 0 unspecified atom stereocenters. The van der Waals surface area contributed by atoms with Crippen LogP contribution < -0.4 is 0 Å². The van der Waals surface area contributed by atoms with Crippen LogP contribution in [0, 0.1) is 0 Å². The third-order valence-electron chi connectivity index (χ3n) is 2.82. The van der Waals surface area contributed by atoms with Gasteiger partial charge in [0.15, 0.2) is 0 Å². The van der Waals surface area contributed by atoms with Crippen LogP contribution in [0.2, 0.25) is 0 Å². The lowest BCUT2D eigenvalue weighted by molar-refractivity contribution is 1.12. The summed E-state index contributed by atoms with van der Waals surface area (Å²) in [5.74, 6) is 2.06. The van der Waals surface area contributed by atoms with Crippen LogP contribution in [0.25, 0.3) is 20.9 Å². The van der Waals surface area contributed by atoms with E-state index in [2.05, 4.69) is 20.1 Å². The van der Waals surface area contributed by atoms with E-state index in [1.165, 1.54) is 9.79 Å². The van der Waals surface area contributed by atoms with Crippen molar-refractivity contribution in [2.75, 3.05) is 11.5 Å². The van der Waals surface area contributed by atoms with E-state index in [0.717, 1.165) is 17.9 Å². The highest BCUT2D eigenvalue weighted by molar-refractivity contribution is 8.00. The van der Waals surface area contributed by atoms with Crippen molar-refractivity contribution in [1.29, 1.82) is 0 Å². The first-order chi connectivity index (χ1) is 11.3. The Morgan fingerprint density at radius 1 is 0.696 bits per heavy atom. The molecular formula is C15H14N6S2. The average Bonchev–Trinajstić information content (AvgIpc) is 2.58. The third kappa shape index (κ3) is 6.18. The summed E-state index contributed by atoms with van der Waals surface area (Å²) < 4.78 is 0. The van der Waals surface area contributed by atoms with Gasteiger partial charge >= 0.3 is 0 Å². The Hall–Kier alpha value is -2.24. The predicted octanol–water partition coefficient (Wildman–Crippen LogP) is 6.84.